The molecule has 0 saturated carbocycles. The van der Waals surface area contributed by atoms with Gasteiger partial charge in [0, 0.05) is 18.0 Å². The van der Waals surface area contributed by atoms with Crippen molar-refractivity contribution in [3.63, 3.8) is 0 Å². The molecule has 0 N–H and O–H groups in total. The summed E-state index contributed by atoms with van der Waals surface area (Å²) < 4.78 is 20.3. The molecule has 0 radical (unpaired) electrons. The van der Waals surface area contributed by atoms with Crippen LogP contribution in [0.5, 0.6) is 5.75 Å². The van der Waals surface area contributed by atoms with Crippen LogP contribution < -0.4 is 4.74 Å². The second-order valence-corrected chi connectivity index (χ2v) is 11.1. The Labute approximate surface area is 240 Å². The van der Waals surface area contributed by atoms with Crippen molar-refractivity contribution in [1.82, 2.24) is 9.97 Å². The quantitative estimate of drug-likeness (QED) is 0.0905. The van der Waals surface area contributed by atoms with Gasteiger partial charge in [0.25, 0.3) is 0 Å². The molecule has 3 rings (SSSR count). The molecule has 0 aliphatic rings. The topological polar surface area (TPSA) is 52.1 Å². The van der Waals surface area contributed by atoms with Crippen LogP contribution in [0.3, 0.4) is 0 Å². The van der Waals surface area contributed by atoms with Gasteiger partial charge in [-0.2, -0.15) is 0 Å². The maximum atomic E-state index is 14.9. The van der Waals surface area contributed by atoms with Crippen LogP contribution in [-0.2, 0) is 11.2 Å². The number of halogens is 1. The van der Waals surface area contributed by atoms with Gasteiger partial charge < -0.3 is 4.74 Å². The van der Waals surface area contributed by atoms with Crippen LogP contribution in [0.4, 0.5) is 4.39 Å². The van der Waals surface area contributed by atoms with E-state index < -0.39 is 11.6 Å². The third-order valence-electron chi connectivity index (χ3n) is 7.49. The summed E-state index contributed by atoms with van der Waals surface area (Å²) in [6.45, 7) is 5.71. The van der Waals surface area contributed by atoms with Gasteiger partial charge in [-0.1, -0.05) is 114 Å². The monoisotopic (exact) mass is 546 g/mol. The van der Waals surface area contributed by atoms with Gasteiger partial charge in [0.15, 0.2) is 5.82 Å². The number of carbonyl (C=O) groups excluding carboxylic acids is 1. The number of aromatic nitrogens is 2. The lowest BCUT2D eigenvalue weighted by atomic mass is 9.98. The van der Waals surface area contributed by atoms with Gasteiger partial charge >= 0.3 is 5.97 Å². The normalized spacial score (nSPS) is 12.7. The summed E-state index contributed by atoms with van der Waals surface area (Å²) in [5.74, 6) is 0.190. The zero-order valence-corrected chi connectivity index (χ0v) is 24.8. The Morgan fingerprint density at radius 1 is 0.750 bits per heavy atom. The molecule has 5 heteroatoms. The van der Waals surface area contributed by atoms with Gasteiger partial charge in [0.1, 0.15) is 5.75 Å². The van der Waals surface area contributed by atoms with Crippen LogP contribution in [0.2, 0.25) is 0 Å². The number of nitrogens with zero attached hydrogens (tertiary/aromatic N) is 2. The van der Waals surface area contributed by atoms with Crippen molar-refractivity contribution in [3.05, 3.63) is 66.5 Å². The van der Waals surface area contributed by atoms with Crippen LogP contribution in [-0.4, -0.2) is 21.6 Å². The van der Waals surface area contributed by atoms with Gasteiger partial charge in [-0.3, -0.25) is 0 Å². The van der Waals surface area contributed by atoms with Crippen molar-refractivity contribution in [3.8, 4) is 28.3 Å². The fourth-order valence-corrected chi connectivity index (χ4v) is 4.92. The molecule has 0 amide bonds. The third kappa shape index (κ3) is 10.1. The van der Waals surface area contributed by atoms with E-state index in [-0.39, 0.29) is 6.42 Å². The molecule has 0 fully saturated rings. The largest absolute Gasteiger partial charge is 0.424 e. The number of hydrogen-bond acceptors (Lipinski definition) is 4. The van der Waals surface area contributed by atoms with Gasteiger partial charge in [-0.05, 0) is 61.4 Å². The van der Waals surface area contributed by atoms with E-state index in [2.05, 4.69) is 23.8 Å². The summed E-state index contributed by atoms with van der Waals surface area (Å²) in [7, 11) is 0. The number of esters is 1. The maximum absolute atomic E-state index is 14.9. The number of benzene rings is 2. The average molecular weight is 547 g/mol. The van der Waals surface area contributed by atoms with E-state index >= 15 is 0 Å². The van der Waals surface area contributed by atoms with E-state index in [0.717, 1.165) is 48.8 Å². The molecule has 1 heterocycles. The average Bonchev–Trinajstić information content (AvgIpc) is 2.97. The minimum Gasteiger partial charge on any atom is -0.424 e. The Morgan fingerprint density at radius 3 is 1.93 bits per heavy atom. The molecule has 0 aliphatic heterocycles. The molecule has 4 nitrogen and oxygen atoms in total. The second kappa shape index (κ2) is 16.9. The molecule has 3 aromatic rings. The molecule has 0 spiro atoms. The fraction of sp³-hybridized carbons (Fsp3) is 0.514. The zero-order valence-electron chi connectivity index (χ0n) is 24.8. The van der Waals surface area contributed by atoms with Crippen molar-refractivity contribution in [2.45, 2.75) is 116 Å². The number of alkyl halides is 1. The summed E-state index contributed by atoms with van der Waals surface area (Å²) >= 11 is 0. The minimum atomic E-state index is -1.99. The maximum Gasteiger partial charge on any atom is 0.348 e. The smallest absolute Gasteiger partial charge is 0.348 e. The summed E-state index contributed by atoms with van der Waals surface area (Å²) in [6, 6.07) is 15.2. The first-order valence-corrected chi connectivity index (χ1v) is 15.4. The predicted molar refractivity (Wildman–Crippen MR) is 163 cm³/mol. The molecular weight excluding hydrogens is 499 g/mol. The van der Waals surface area contributed by atoms with E-state index in [0.29, 0.717) is 18.0 Å². The lowest BCUT2D eigenvalue weighted by molar-refractivity contribution is -0.147. The summed E-state index contributed by atoms with van der Waals surface area (Å²) in [5.41, 5.74) is 2.05. The molecule has 0 aliphatic carbocycles. The van der Waals surface area contributed by atoms with Crippen LogP contribution in [0.25, 0.3) is 22.5 Å². The molecule has 40 heavy (non-hydrogen) atoms. The van der Waals surface area contributed by atoms with Crippen molar-refractivity contribution >= 4 is 5.97 Å². The molecule has 216 valence electrons. The number of rotatable bonds is 18. The Bertz CT molecular complexity index is 1140. The highest BCUT2D eigenvalue weighted by atomic mass is 19.1. The van der Waals surface area contributed by atoms with Gasteiger partial charge in [-0.15, -0.1) is 0 Å². The van der Waals surface area contributed by atoms with Crippen LogP contribution in [0, 0.1) is 0 Å². The summed E-state index contributed by atoms with van der Waals surface area (Å²) in [6.07, 6.45) is 19.0. The van der Waals surface area contributed by atoms with Gasteiger partial charge in [0.05, 0.1) is 0 Å². The van der Waals surface area contributed by atoms with Crippen molar-refractivity contribution in [2.24, 2.45) is 0 Å². The first-order valence-electron chi connectivity index (χ1n) is 15.4. The van der Waals surface area contributed by atoms with Crippen LogP contribution in [0.1, 0.15) is 110 Å². The first-order chi connectivity index (χ1) is 19.4. The highest BCUT2D eigenvalue weighted by molar-refractivity contribution is 5.82. The highest BCUT2D eigenvalue weighted by Gasteiger charge is 2.34. The highest BCUT2D eigenvalue weighted by Crippen LogP contribution is 2.32. The van der Waals surface area contributed by atoms with E-state index in [1.54, 1.807) is 12.1 Å². The number of hydrogen-bond donors (Lipinski definition) is 0. The van der Waals surface area contributed by atoms with Gasteiger partial charge in [-0.25, -0.2) is 19.2 Å². The zero-order chi connectivity index (χ0) is 28.6. The van der Waals surface area contributed by atoms with E-state index in [4.69, 9.17) is 4.74 Å². The SMILES string of the molecule is CCCCCCCCCc1cnc(-c2ccccc2-c2ccc(OC(=O)C(C)(F)CCCCCCC)cc2)nc1. The van der Waals surface area contributed by atoms with Crippen LogP contribution >= 0.6 is 0 Å². The Hall–Kier alpha value is -3.08. The number of carbonyl (C=O) groups is 1. The lowest BCUT2D eigenvalue weighted by Gasteiger charge is -2.18. The fourth-order valence-electron chi connectivity index (χ4n) is 4.92. The predicted octanol–water partition coefficient (Wildman–Crippen LogP) is 10.1. The first kappa shape index (κ1) is 31.4. The minimum absolute atomic E-state index is 0.179. The number of unbranched alkanes of at least 4 members (excludes halogenated alkanes) is 10. The molecule has 0 saturated heterocycles. The van der Waals surface area contributed by atoms with Gasteiger partial charge in [0.2, 0.25) is 5.67 Å². The summed E-state index contributed by atoms with van der Waals surface area (Å²) in [5, 5.41) is 0. The van der Waals surface area contributed by atoms with Crippen molar-refractivity contribution in [1.29, 1.82) is 0 Å². The summed E-state index contributed by atoms with van der Waals surface area (Å²) in [4.78, 5) is 21.9. The Kier molecular flexibility index (Phi) is 13.3. The van der Waals surface area contributed by atoms with Crippen molar-refractivity contribution < 1.29 is 13.9 Å². The number of aryl methyl sites for hydroxylation is 1. The molecule has 0 bridgehead atoms. The van der Waals surface area contributed by atoms with E-state index in [1.807, 2.05) is 48.8 Å². The second-order valence-electron chi connectivity index (χ2n) is 11.1. The Balaban J connectivity index is 1.58. The lowest BCUT2D eigenvalue weighted by Crippen LogP contribution is -2.34. The molecule has 1 unspecified atom stereocenters. The van der Waals surface area contributed by atoms with Crippen LogP contribution in [0.15, 0.2) is 60.9 Å². The molecular formula is C35H47FN2O2. The molecule has 1 atom stereocenters. The van der Waals surface area contributed by atoms with E-state index in [1.165, 1.54) is 57.4 Å². The van der Waals surface area contributed by atoms with E-state index in [9.17, 15) is 9.18 Å². The molecule has 1 aromatic heterocycles. The standard InChI is InChI=1S/C35H47FN2O2/c1-4-6-8-10-11-12-14-18-28-26-37-33(38-27-28)32-20-16-15-19-31(32)29-21-23-30(24-22-29)40-34(39)35(3,36)25-17-13-9-7-5-2/h15-16,19-24,26-27H,4-14,17-18,25H2,1-3H3. The Morgan fingerprint density at radius 2 is 1.30 bits per heavy atom. The van der Waals surface area contributed by atoms with Crippen molar-refractivity contribution in [2.75, 3.05) is 0 Å². The third-order valence-corrected chi connectivity index (χ3v) is 7.49. The molecule has 2 aromatic carbocycles. The number of ether oxygens (including phenoxy) is 1.